The normalized spacial score (nSPS) is 16.0. The lowest BCUT2D eigenvalue weighted by atomic mass is 10.1. The maximum absolute atomic E-state index is 14.3. The number of pyridine rings is 1. The predicted molar refractivity (Wildman–Crippen MR) is 78.9 cm³/mol. The van der Waals surface area contributed by atoms with E-state index in [1.54, 1.807) is 4.90 Å². The summed E-state index contributed by atoms with van der Waals surface area (Å²) in [5.41, 5.74) is 0.0795. The van der Waals surface area contributed by atoms with Gasteiger partial charge in [-0.1, -0.05) is 0 Å². The number of hydrogen-bond acceptors (Lipinski definition) is 4. The fourth-order valence-electron chi connectivity index (χ4n) is 2.53. The van der Waals surface area contributed by atoms with Gasteiger partial charge in [0.2, 0.25) is 0 Å². The molecule has 0 aliphatic carbocycles. The van der Waals surface area contributed by atoms with Gasteiger partial charge in [0, 0.05) is 32.4 Å². The SMILES string of the molecule is CCNc1nccc(C(=O)N2CCC(OCC)CC2)c1F. The number of amides is 1. The van der Waals surface area contributed by atoms with Gasteiger partial charge < -0.3 is 15.0 Å². The van der Waals surface area contributed by atoms with Gasteiger partial charge in [0.15, 0.2) is 11.6 Å². The third-order valence-electron chi connectivity index (χ3n) is 3.60. The maximum Gasteiger partial charge on any atom is 0.257 e. The van der Waals surface area contributed by atoms with Crippen molar-refractivity contribution in [2.75, 3.05) is 31.6 Å². The van der Waals surface area contributed by atoms with Gasteiger partial charge in [0.1, 0.15) is 0 Å². The summed E-state index contributed by atoms with van der Waals surface area (Å²) in [6.45, 7) is 6.26. The molecule has 0 spiro atoms. The number of ether oxygens (including phenoxy) is 1. The van der Waals surface area contributed by atoms with Crippen LogP contribution in [0.4, 0.5) is 10.2 Å². The van der Waals surface area contributed by atoms with E-state index in [9.17, 15) is 9.18 Å². The van der Waals surface area contributed by atoms with E-state index in [1.807, 2.05) is 13.8 Å². The molecule has 1 aromatic heterocycles. The number of likely N-dealkylation sites (tertiary alicyclic amines) is 1. The van der Waals surface area contributed by atoms with Crippen molar-refractivity contribution in [3.05, 3.63) is 23.6 Å². The lowest BCUT2D eigenvalue weighted by Crippen LogP contribution is -2.41. The molecule has 0 atom stereocenters. The number of nitrogens with one attached hydrogen (secondary N) is 1. The van der Waals surface area contributed by atoms with E-state index in [2.05, 4.69) is 10.3 Å². The van der Waals surface area contributed by atoms with Crippen molar-refractivity contribution < 1.29 is 13.9 Å². The molecule has 2 rings (SSSR count). The highest BCUT2D eigenvalue weighted by Gasteiger charge is 2.26. The number of rotatable bonds is 5. The van der Waals surface area contributed by atoms with Crippen LogP contribution in [0.2, 0.25) is 0 Å². The Bertz CT molecular complexity index is 488. The van der Waals surface area contributed by atoms with E-state index in [1.165, 1.54) is 12.3 Å². The molecular formula is C15H22FN3O2. The third-order valence-corrected chi connectivity index (χ3v) is 3.60. The average Bonchev–Trinajstić information content (AvgIpc) is 2.50. The Labute approximate surface area is 124 Å². The van der Waals surface area contributed by atoms with E-state index in [0.29, 0.717) is 26.2 Å². The number of anilines is 1. The van der Waals surface area contributed by atoms with Crippen LogP contribution >= 0.6 is 0 Å². The quantitative estimate of drug-likeness (QED) is 0.905. The second-order valence-corrected chi connectivity index (χ2v) is 5.00. The molecule has 21 heavy (non-hydrogen) atoms. The van der Waals surface area contributed by atoms with Crippen molar-refractivity contribution in [1.82, 2.24) is 9.88 Å². The van der Waals surface area contributed by atoms with Gasteiger partial charge >= 0.3 is 0 Å². The van der Waals surface area contributed by atoms with Crippen LogP contribution in [0.25, 0.3) is 0 Å². The fraction of sp³-hybridized carbons (Fsp3) is 0.600. The molecule has 1 aliphatic rings. The van der Waals surface area contributed by atoms with Crippen molar-refractivity contribution in [3.63, 3.8) is 0 Å². The van der Waals surface area contributed by atoms with Gasteiger partial charge in [0.25, 0.3) is 5.91 Å². The zero-order valence-corrected chi connectivity index (χ0v) is 12.6. The zero-order chi connectivity index (χ0) is 15.2. The summed E-state index contributed by atoms with van der Waals surface area (Å²) < 4.78 is 19.8. The molecule has 0 saturated carbocycles. The van der Waals surface area contributed by atoms with Gasteiger partial charge in [0.05, 0.1) is 11.7 Å². The molecule has 6 heteroatoms. The summed E-state index contributed by atoms with van der Waals surface area (Å²) in [6, 6.07) is 1.44. The third kappa shape index (κ3) is 3.69. The number of nitrogens with zero attached hydrogens (tertiary/aromatic N) is 2. The molecule has 1 amide bonds. The van der Waals surface area contributed by atoms with Crippen molar-refractivity contribution >= 4 is 11.7 Å². The maximum atomic E-state index is 14.3. The first-order chi connectivity index (χ1) is 10.2. The second kappa shape index (κ2) is 7.36. The van der Waals surface area contributed by atoms with Gasteiger partial charge in [-0.25, -0.2) is 9.37 Å². The summed E-state index contributed by atoms with van der Waals surface area (Å²) in [7, 11) is 0. The summed E-state index contributed by atoms with van der Waals surface area (Å²) in [4.78, 5) is 18.0. The highest BCUT2D eigenvalue weighted by Crippen LogP contribution is 2.20. The number of carbonyl (C=O) groups excluding carboxylic acids is 1. The first-order valence-electron chi connectivity index (χ1n) is 7.46. The van der Waals surface area contributed by atoms with Crippen LogP contribution in [0.5, 0.6) is 0 Å². The van der Waals surface area contributed by atoms with Crippen LogP contribution in [0, 0.1) is 5.82 Å². The topological polar surface area (TPSA) is 54.5 Å². The predicted octanol–water partition coefficient (Wildman–Crippen LogP) is 2.29. The molecule has 2 heterocycles. The molecule has 0 aromatic carbocycles. The Morgan fingerprint density at radius 1 is 1.48 bits per heavy atom. The van der Waals surface area contributed by atoms with E-state index >= 15 is 0 Å². The van der Waals surface area contributed by atoms with Crippen LogP contribution in [0.1, 0.15) is 37.0 Å². The minimum Gasteiger partial charge on any atom is -0.378 e. The standard InChI is InChI=1S/C15H22FN3O2/c1-3-17-14-13(16)12(5-8-18-14)15(20)19-9-6-11(7-10-19)21-4-2/h5,8,11H,3-4,6-7,9-10H2,1-2H3,(H,17,18). The fourth-order valence-corrected chi connectivity index (χ4v) is 2.53. The molecule has 0 radical (unpaired) electrons. The Morgan fingerprint density at radius 2 is 2.19 bits per heavy atom. The minimum absolute atomic E-state index is 0.0795. The second-order valence-electron chi connectivity index (χ2n) is 5.00. The Balaban J connectivity index is 2.06. The molecule has 1 N–H and O–H groups in total. The van der Waals surface area contributed by atoms with Crippen LogP contribution in [0.15, 0.2) is 12.3 Å². The summed E-state index contributed by atoms with van der Waals surface area (Å²) in [5, 5.41) is 2.82. The molecule has 1 aromatic rings. The van der Waals surface area contributed by atoms with Crippen LogP contribution in [-0.4, -0.2) is 48.1 Å². The monoisotopic (exact) mass is 295 g/mol. The molecule has 116 valence electrons. The van der Waals surface area contributed by atoms with Crippen molar-refractivity contribution in [3.8, 4) is 0 Å². The van der Waals surface area contributed by atoms with E-state index in [-0.39, 0.29) is 23.4 Å². The zero-order valence-electron chi connectivity index (χ0n) is 12.6. The summed E-state index contributed by atoms with van der Waals surface area (Å²) in [5.74, 6) is -0.715. The first kappa shape index (κ1) is 15.7. The molecule has 1 aliphatic heterocycles. The summed E-state index contributed by atoms with van der Waals surface area (Å²) in [6.07, 6.45) is 3.26. The number of aromatic nitrogens is 1. The van der Waals surface area contributed by atoms with Crippen LogP contribution in [-0.2, 0) is 4.74 Å². The molecule has 1 saturated heterocycles. The number of piperidine rings is 1. The Kier molecular flexibility index (Phi) is 5.50. The van der Waals surface area contributed by atoms with E-state index in [0.717, 1.165) is 12.8 Å². The van der Waals surface area contributed by atoms with Gasteiger partial charge in [-0.05, 0) is 32.8 Å². The molecule has 0 bridgehead atoms. The highest BCUT2D eigenvalue weighted by molar-refractivity contribution is 5.95. The van der Waals surface area contributed by atoms with Crippen molar-refractivity contribution in [1.29, 1.82) is 0 Å². The minimum atomic E-state index is -0.573. The van der Waals surface area contributed by atoms with Crippen LogP contribution in [0.3, 0.4) is 0 Å². The highest BCUT2D eigenvalue weighted by atomic mass is 19.1. The van der Waals surface area contributed by atoms with Gasteiger partial charge in [-0.3, -0.25) is 4.79 Å². The number of hydrogen-bond donors (Lipinski definition) is 1. The average molecular weight is 295 g/mol. The van der Waals surface area contributed by atoms with E-state index in [4.69, 9.17) is 4.74 Å². The van der Waals surface area contributed by atoms with E-state index < -0.39 is 5.82 Å². The molecule has 5 nitrogen and oxygen atoms in total. The molecule has 0 unspecified atom stereocenters. The lowest BCUT2D eigenvalue weighted by molar-refractivity contribution is 0.0144. The number of carbonyl (C=O) groups is 1. The van der Waals surface area contributed by atoms with Crippen LogP contribution < -0.4 is 5.32 Å². The number of halogens is 1. The largest absolute Gasteiger partial charge is 0.378 e. The Hall–Kier alpha value is -1.69. The molecule has 1 fully saturated rings. The summed E-state index contributed by atoms with van der Waals surface area (Å²) >= 11 is 0. The van der Waals surface area contributed by atoms with Crippen molar-refractivity contribution in [2.45, 2.75) is 32.8 Å². The lowest BCUT2D eigenvalue weighted by Gasteiger charge is -2.32. The Morgan fingerprint density at radius 3 is 2.81 bits per heavy atom. The van der Waals surface area contributed by atoms with Crippen molar-refractivity contribution in [2.24, 2.45) is 0 Å². The van der Waals surface area contributed by atoms with Gasteiger partial charge in [-0.2, -0.15) is 0 Å². The smallest absolute Gasteiger partial charge is 0.257 e. The molecular weight excluding hydrogens is 273 g/mol. The van der Waals surface area contributed by atoms with Gasteiger partial charge in [-0.15, -0.1) is 0 Å². The first-order valence-corrected chi connectivity index (χ1v) is 7.46.